The molecule has 1 aliphatic heterocycles. The Kier molecular flexibility index (Phi) is 5.24. The van der Waals surface area contributed by atoms with E-state index in [4.69, 9.17) is 5.41 Å². The number of alkyl halides is 3. The number of nitrogens with zero attached hydrogens (tertiary/aromatic N) is 2. The maximum Gasteiger partial charge on any atom is 0.417 e. The van der Waals surface area contributed by atoms with Crippen molar-refractivity contribution in [1.29, 1.82) is 5.41 Å². The molecule has 0 spiro atoms. The number of hydrazone groups is 1. The zero-order valence-electron chi connectivity index (χ0n) is 13.9. The molecule has 2 aromatic rings. The van der Waals surface area contributed by atoms with Gasteiger partial charge in [-0.1, -0.05) is 0 Å². The molecule has 0 bridgehead atoms. The molecule has 2 heterocycles. The van der Waals surface area contributed by atoms with Gasteiger partial charge in [-0.3, -0.25) is 5.41 Å². The second-order valence-electron chi connectivity index (χ2n) is 5.82. The van der Waals surface area contributed by atoms with E-state index in [0.29, 0.717) is 11.1 Å². The molecule has 1 saturated heterocycles. The largest absolute Gasteiger partial charge is 0.417 e. The van der Waals surface area contributed by atoms with Crippen LogP contribution in [-0.2, 0) is 6.18 Å². The quantitative estimate of drug-likeness (QED) is 0.314. The van der Waals surface area contributed by atoms with Gasteiger partial charge >= 0.3 is 6.18 Å². The van der Waals surface area contributed by atoms with Crippen LogP contribution in [0.15, 0.2) is 22.3 Å². The first-order valence-electron chi connectivity index (χ1n) is 7.95. The molecule has 1 aromatic carbocycles. The summed E-state index contributed by atoms with van der Waals surface area (Å²) in [7, 11) is 1.47. The van der Waals surface area contributed by atoms with Crippen LogP contribution in [0, 0.1) is 11.2 Å². The normalized spacial score (nSPS) is 16.0. The topological polar surface area (TPSA) is 67.3 Å². The molecule has 0 aliphatic carbocycles. The zero-order valence-corrected chi connectivity index (χ0v) is 14.7. The summed E-state index contributed by atoms with van der Waals surface area (Å²) in [5.41, 5.74) is 0.320. The second kappa shape index (κ2) is 7.28. The van der Waals surface area contributed by atoms with Crippen molar-refractivity contribution in [2.45, 2.75) is 24.0 Å². The fraction of sp³-hybridized carbons (Fsp3) is 0.375. The van der Waals surface area contributed by atoms with E-state index in [-0.39, 0.29) is 10.9 Å². The molecule has 0 atom stereocenters. The van der Waals surface area contributed by atoms with Crippen molar-refractivity contribution >= 4 is 34.8 Å². The number of nitrogens with one attached hydrogen (secondary N) is 3. The number of rotatable bonds is 5. The lowest BCUT2D eigenvalue weighted by molar-refractivity contribution is -0.137. The predicted octanol–water partition coefficient (Wildman–Crippen LogP) is 4.00. The molecule has 1 aliphatic rings. The SMILES string of the molecule is CN/N=C\C(=N)c1c(C(F)(F)F)cc(F)c2[nH]c(SN3CCCC3)cc12. The van der Waals surface area contributed by atoms with Gasteiger partial charge in [-0.25, -0.2) is 8.70 Å². The Hall–Kier alpha value is -2.07. The third-order valence-corrected chi connectivity index (χ3v) is 5.07. The Bertz CT molecular complexity index is 852. The maximum absolute atomic E-state index is 14.3. The molecule has 1 aromatic heterocycles. The minimum atomic E-state index is -4.79. The lowest BCUT2D eigenvalue weighted by Crippen LogP contribution is -2.16. The first-order chi connectivity index (χ1) is 12.3. The summed E-state index contributed by atoms with van der Waals surface area (Å²) in [5, 5.41) is 12.2. The maximum atomic E-state index is 14.3. The molecule has 5 nitrogen and oxygen atoms in total. The molecule has 0 amide bonds. The van der Waals surface area contributed by atoms with Gasteiger partial charge in [0.15, 0.2) is 0 Å². The first-order valence-corrected chi connectivity index (χ1v) is 8.72. The number of benzene rings is 1. The highest BCUT2D eigenvalue weighted by Gasteiger charge is 2.36. The highest BCUT2D eigenvalue weighted by Crippen LogP contribution is 2.39. The molecule has 0 unspecified atom stereocenters. The number of halogens is 4. The van der Waals surface area contributed by atoms with Crippen LogP contribution in [0.25, 0.3) is 10.9 Å². The fourth-order valence-corrected chi connectivity index (χ4v) is 3.94. The van der Waals surface area contributed by atoms with Crippen molar-refractivity contribution in [1.82, 2.24) is 14.7 Å². The van der Waals surface area contributed by atoms with E-state index in [0.717, 1.165) is 32.1 Å². The summed E-state index contributed by atoms with van der Waals surface area (Å²) in [6, 6.07) is 1.90. The zero-order chi connectivity index (χ0) is 18.9. The van der Waals surface area contributed by atoms with Crippen LogP contribution in [0.5, 0.6) is 0 Å². The third-order valence-electron chi connectivity index (χ3n) is 4.03. The van der Waals surface area contributed by atoms with Gasteiger partial charge in [-0.2, -0.15) is 18.3 Å². The van der Waals surface area contributed by atoms with Crippen LogP contribution >= 0.6 is 11.9 Å². The lowest BCUT2D eigenvalue weighted by atomic mass is 9.98. The number of hydrogen-bond donors (Lipinski definition) is 3. The summed E-state index contributed by atoms with van der Waals surface area (Å²) >= 11 is 1.35. The number of H-pyrrole nitrogens is 1. The molecule has 3 rings (SSSR count). The van der Waals surface area contributed by atoms with Crippen LogP contribution in [-0.4, -0.2) is 41.4 Å². The van der Waals surface area contributed by atoms with Crippen LogP contribution in [0.3, 0.4) is 0 Å². The molecule has 26 heavy (non-hydrogen) atoms. The molecule has 0 radical (unpaired) electrons. The average molecular weight is 387 g/mol. The van der Waals surface area contributed by atoms with Crippen LogP contribution < -0.4 is 5.43 Å². The van der Waals surface area contributed by atoms with Crippen molar-refractivity contribution < 1.29 is 17.6 Å². The van der Waals surface area contributed by atoms with E-state index >= 15 is 0 Å². The summed E-state index contributed by atoms with van der Waals surface area (Å²) in [4.78, 5) is 2.84. The van der Waals surface area contributed by atoms with E-state index in [1.165, 1.54) is 25.1 Å². The summed E-state index contributed by atoms with van der Waals surface area (Å²) in [6.07, 6.45) is -1.71. The number of hydrogen-bond acceptors (Lipinski definition) is 5. The van der Waals surface area contributed by atoms with Gasteiger partial charge in [0.05, 0.1) is 28.0 Å². The lowest BCUT2D eigenvalue weighted by Gasteiger charge is -2.13. The molecule has 3 N–H and O–H groups in total. The molecule has 1 fully saturated rings. The number of fused-ring (bicyclic) bond motifs is 1. The summed E-state index contributed by atoms with van der Waals surface area (Å²) in [5.74, 6) is -0.997. The van der Waals surface area contributed by atoms with Gasteiger partial charge in [0.25, 0.3) is 0 Å². The highest BCUT2D eigenvalue weighted by molar-refractivity contribution is 7.97. The minimum Gasteiger partial charge on any atom is -0.346 e. The van der Waals surface area contributed by atoms with Gasteiger partial charge in [0.1, 0.15) is 5.82 Å². The van der Waals surface area contributed by atoms with Crippen molar-refractivity contribution in [3.8, 4) is 0 Å². The molecule has 0 saturated carbocycles. The van der Waals surface area contributed by atoms with Gasteiger partial charge in [-0.15, -0.1) is 0 Å². The Balaban J connectivity index is 2.14. The third kappa shape index (κ3) is 3.70. The van der Waals surface area contributed by atoms with E-state index in [1.807, 2.05) is 0 Å². The van der Waals surface area contributed by atoms with Crippen LogP contribution in [0.2, 0.25) is 0 Å². The fourth-order valence-electron chi connectivity index (χ4n) is 2.91. The monoisotopic (exact) mass is 387 g/mol. The Morgan fingerprint density at radius 1 is 1.35 bits per heavy atom. The van der Waals surface area contributed by atoms with Crippen LogP contribution in [0.1, 0.15) is 24.0 Å². The molecular formula is C16H17F4N5S. The second-order valence-corrected chi connectivity index (χ2v) is 6.96. The first kappa shape index (κ1) is 18.7. The van der Waals surface area contributed by atoms with Gasteiger partial charge in [0.2, 0.25) is 0 Å². The van der Waals surface area contributed by atoms with Gasteiger partial charge < -0.3 is 10.4 Å². The van der Waals surface area contributed by atoms with Crippen molar-refractivity contribution in [3.63, 3.8) is 0 Å². The van der Waals surface area contributed by atoms with Crippen molar-refractivity contribution in [2.75, 3.05) is 20.1 Å². The van der Waals surface area contributed by atoms with E-state index in [1.54, 1.807) is 0 Å². The molecule has 140 valence electrons. The predicted molar refractivity (Wildman–Crippen MR) is 94.3 cm³/mol. The number of aromatic nitrogens is 1. The van der Waals surface area contributed by atoms with Crippen molar-refractivity contribution in [2.24, 2.45) is 5.10 Å². The standard InChI is InChI=1S/C16H17F4N5S/c1-22-23-8-12(21)14-9-6-13(26-25-4-2-3-5-25)24-15(9)11(17)7-10(14)16(18,19)20/h6-8,21-22,24H,2-5H2,1H3/b21-12?,23-8-. The average Bonchev–Trinajstić information content (AvgIpc) is 3.21. The number of aromatic amines is 1. The summed E-state index contributed by atoms with van der Waals surface area (Å²) in [6.45, 7) is 1.74. The highest BCUT2D eigenvalue weighted by atomic mass is 32.2. The van der Waals surface area contributed by atoms with E-state index in [2.05, 4.69) is 19.8 Å². The van der Waals surface area contributed by atoms with Crippen LogP contribution in [0.4, 0.5) is 17.6 Å². The Morgan fingerprint density at radius 3 is 2.65 bits per heavy atom. The summed E-state index contributed by atoms with van der Waals surface area (Å²) < 4.78 is 56.7. The Morgan fingerprint density at radius 2 is 2.04 bits per heavy atom. The van der Waals surface area contributed by atoms with Gasteiger partial charge in [-0.05, 0) is 36.9 Å². The molecule has 10 heteroatoms. The van der Waals surface area contributed by atoms with Gasteiger partial charge in [0, 0.05) is 31.1 Å². The smallest absolute Gasteiger partial charge is 0.346 e. The minimum absolute atomic E-state index is 0.0200. The van der Waals surface area contributed by atoms with E-state index in [9.17, 15) is 17.6 Å². The Labute approximate surface area is 151 Å². The van der Waals surface area contributed by atoms with Crippen molar-refractivity contribution in [3.05, 3.63) is 29.1 Å². The van der Waals surface area contributed by atoms with E-state index < -0.39 is 28.8 Å². The molecular weight excluding hydrogens is 370 g/mol.